The van der Waals surface area contributed by atoms with E-state index in [-0.39, 0.29) is 5.82 Å². The maximum absolute atomic E-state index is 13.2. The first-order valence-corrected chi connectivity index (χ1v) is 6.14. The number of para-hydroxylation sites is 1. The zero-order valence-electron chi connectivity index (χ0n) is 10.4. The first-order valence-electron chi connectivity index (χ1n) is 6.14. The Morgan fingerprint density at radius 3 is 2.84 bits per heavy atom. The van der Waals surface area contributed by atoms with Crippen LogP contribution >= 0.6 is 0 Å². The van der Waals surface area contributed by atoms with Crippen LogP contribution in [0, 0.1) is 5.82 Å². The van der Waals surface area contributed by atoms with Gasteiger partial charge in [-0.05, 0) is 23.3 Å². The number of benzene rings is 1. The van der Waals surface area contributed by atoms with Gasteiger partial charge in [0.1, 0.15) is 5.82 Å². The number of rotatable bonds is 3. The van der Waals surface area contributed by atoms with E-state index in [1.807, 2.05) is 24.4 Å². The third-order valence-corrected chi connectivity index (χ3v) is 3.21. The monoisotopic (exact) mass is 255 g/mol. The summed E-state index contributed by atoms with van der Waals surface area (Å²) in [5.74, 6) is -0.312. The third kappa shape index (κ3) is 2.22. The molecule has 2 N–H and O–H groups in total. The summed E-state index contributed by atoms with van der Waals surface area (Å²) in [6.45, 7) is 1.08. The Morgan fingerprint density at radius 1 is 1.21 bits per heavy atom. The molecule has 19 heavy (non-hydrogen) atoms. The second-order valence-corrected chi connectivity index (χ2v) is 4.51. The van der Waals surface area contributed by atoms with Crippen LogP contribution < -0.4 is 5.73 Å². The Labute approximate surface area is 110 Å². The van der Waals surface area contributed by atoms with E-state index in [1.54, 1.807) is 6.20 Å². The molecule has 3 aromatic rings. The molecule has 3 nitrogen and oxygen atoms in total. The number of nitrogens with zero attached hydrogens (tertiary/aromatic N) is 2. The standard InChI is InChI=1S/C15H14FN3/c16-13-5-11(7-18-8-13)9-19-10-12(6-17)14-3-1-2-4-15(14)19/h1-5,7-8,10H,6,9,17H2. The molecule has 0 bridgehead atoms. The van der Waals surface area contributed by atoms with Crippen LogP contribution in [0.3, 0.4) is 0 Å². The summed E-state index contributed by atoms with van der Waals surface area (Å²) in [5.41, 5.74) is 8.80. The topological polar surface area (TPSA) is 43.8 Å². The van der Waals surface area contributed by atoms with E-state index in [4.69, 9.17) is 5.73 Å². The van der Waals surface area contributed by atoms with E-state index in [1.165, 1.54) is 12.3 Å². The number of hydrogen-bond acceptors (Lipinski definition) is 2. The lowest BCUT2D eigenvalue weighted by Gasteiger charge is -2.05. The molecule has 0 aliphatic rings. The first-order chi connectivity index (χ1) is 9.28. The molecule has 0 aliphatic carbocycles. The second kappa shape index (κ2) is 4.82. The van der Waals surface area contributed by atoms with Gasteiger partial charge in [-0.3, -0.25) is 4.98 Å². The van der Waals surface area contributed by atoms with Crippen molar-refractivity contribution in [1.29, 1.82) is 0 Å². The zero-order valence-corrected chi connectivity index (χ0v) is 10.4. The predicted molar refractivity (Wildman–Crippen MR) is 73.1 cm³/mol. The van der Waals surface area contributed by atoms with Gasteiger partial charge in [-0.25, -0.2) is 4.39 Å². The van der Waals surface area contributed by atoms with Gasteiger partial charge in [0, 0.05) is 36.4 Å². The summed E-state index contributed by atoms with van der Waals surface area (Å²) in [7, 11) is 0. The largest absolute Gasteiger partial charge is 0.343 e. The molecule has 2 heterocycles. The van der Waals surface area contributed by atoms with Crippen LogP contribution in [0.1, 0.15) is 11.1 Å². The molecule has 3 rings (SSSR count). The number of aromatic nitrogens is 2. The van der Waals surface area contributed by atoms with Gasteiger partial charge in [0.15, 0.2) is 0 Å². The molecule has 0 saturated carbocycles. The molecule has 0 fully saturated rings. The molecular weight excluding hydrogens is 241 g/mol. The van der Waals surface area contributed by atoms with Crippen LogP contribution in [-0.2, 0) is 13.1 Å². The normalized spacial score (nSPS) is 11.1. The van der Waals surface area contributed by atoms with E-state index >= 15 is 0 Å². The number of nitrogens with two attached hydrogens (primary N) is 1. The predicted octanol–water partition coefficient (Wildman–Crippen LogP) is 2.68. The summed E-state index contributed by atoms with van der Waals surface area (Å²) in [5, 5.41) is 1.15. The molecule has 96 valence electrons. The van der Waals surface area contributed by atoms with Gasteiger partial charge in [-0.15, -0.1) is 0 Å². The Morgan fingerprint density at radius 2 is 2.05 bits per heavy atom. The molecule has 0 saturated heterocycles. The second-order valence-electron chi connectivity index (χ2n) is 4.51. The van der Waals surface area contributed by atoms with Gasteiger partial charge < -0.3 is 10.3 Å². The van der Waals surface area contributed by atoms with Gasteiger partial charge >= 0.3 is 0 Å². The summed E-state index contributed by atoms with van der Waals surface area (Å²) in [4.78, 5) is 3.87. The molecule has 0 atom stereocenters. The van der Waals surface area contributed by atoms with Crippen molar-refractivity contribution < 1.29 is 4.39 Å². The van der Waals surface area contributed by atoms with Gasteiger partial charge in [-0.2, -0.15) is 0 Å². The number of pyridine rings is 1. The van der Waals surface area contributed by atoms with Crippen molar-refractivity contribution in [3.63, 3.8) is 0 Å². The highest BCUT2D eigenvalue weighted by molar-refractivity contribution is 5.84. The Hall–Kier alpha value is -2.20. The summed E-state index contributed by atoms with van der Waals surface area (Å²) >= 11 is 0. The quantitative estimate of drug-likeness (QED) is 0.782. The highest BCUT2D eigenvalue weighted by atomic mass is 19.1. The van der Waals surface area contributed by atoms with E-state index < -0.39 is 0 Å². The Kier molecular flexibility index (Phi) is 3.01. The fourth-order valence-electron chi connectivity index (χ4n) is 2.36. The SMILES string of the molecule is NCc1cn(Cc2cncc(F)c2)c2ccccc12. The van der Waals surface area contributed by atoms with Crippen molar-refractivity contribution in [2.75, 3.05) is 0 Å². The van der Waals surface area contributed by atoms with E-state index in [0.29, 0.717) is 13.1 Å². The van der Waals surface area contributed by atoms with Gasteiger partial charge in [0.2, 0.25) is 0 Å². The lowest BCUT2D eigenvalue weighted by molar-refractivity contribution is 0.616. The number of hydrogen-bond donors (Lipinski definition) is 1. The van der Waals surface area contributed by atoms with Crippen LogP contribution in [0.4, 0.5) is 4.39 Å². The molecule has 2 aromatic heterocycles. The molecule has 1 aromatic carbocycles. The van der Waals surface area contributed by atoms with Gasteiger partial charge in [0.05, 0.1) is 6.20 Å². The van der Waals surface area contributed by atoms with Crippen LogP contribution in [0.5, 0.6) is 0 Å². The van der Waals surface area contributed by atoms with Crippen molar-refractivity contribution in [3.8, 4) is 0 Å². The zero-order chi connectivity index (χ0) is 13.2. The van der Waals surface area contributed by atoms with E-state index in [0.717, 1.165) is 22.0 Å². The van der Waals surface area contributed by atoms with Crippen molar-refractivity contribution in [3.05, 3.63) is 65.9 Å². The van der Waals surface area contributed by atoms with Crippen molar-refractivity contribution in [2.24, 2.45) is 5.73 Å². The molecule has 0 spiro atoms. The number of halogens is 1. The minimum atomic E-state index is -0.312. The lowest BCUT2D eigenvalue weighted by atomic mass is 10.2. The summed E-state index contributed by atoms with van der Waals surface area (Å²) < 4.78 is 15.2. The third-order valence-electron chi connectivity index (χ3n) is 3.21. The average molecular weight is 255 g/mol. The molecule has 0 radical (unpaired) electrons. The maximum Gasteiger partial charge on any atom is 0.141 e. The van der Waals surface area contributed by atoms with Crippen molar-refractivity contribution >= 4 is 10.9 Å². The fourth-order valence-corrected chi connectivity index (χ4v) is 2.36. The van der Waals surface area contributed by atoms with Crippen molar-refractivity contribution in [2.45, 2.75) is 13.1 Å². The van der Waals surface area contributed by atoms with Crippen molar-refractivity contribution in [1.82, 2.24) is 9.55 Å². The Bertz CT molecular complexity index is 718. The van der Waals surface area contributed by atoms with Crippen LogP contribution in [0.15, 0.2) is 48.9 Å². The smallest absolute Gasteiger partial charge is 0.141 e. The summed E-state index contributed by atoms with van der Waals surface area (Å²) in [6, 6.07) is 9.58. The molecule has 0 unspecified atom stereocenters. The summed E-state index contributed by atoms with van der Waals surface area (Å²) in [6.07, 6.45) is 4.91. The minimum absolute atomic E-state index is 0.312. The highest BCUT2D eigenvalue weighted by Crippen LogP contribution is 2.21. The van der Waals surface area contributed by atoms with E-state index in [2.05, 4.69) is 15.6 Å². The molecule has 4 heteroatoms. The lowest BCUT2D eigenvalue weighted by Crippen LogP contribution is -1.99. The maximum atomic E-state index is 13.2. The van der Waals surface area contributed by atoms with Crippen LogP contribution in [0.2, 0.25) is 0 Å². The number of fused-ring (bicyclic) bond motifs is 1. The molecule has 0 aliphatic heterocycles. The average Bonchev–Trinajstić information content (AvgIpc) is 2.77. The first kappa shape index (κ1) is 11.9. The van der Waals surface area contributed by atoms with Gasteiger partial charge in [-0.1, -0.05) is 18.2 Å². The minimum Gasteiger partial charge on any atom is -0.343 e. The van der Waals surface area contributed by atoms with E-state index in [9.17, 15) is 4.39 Å². The van der Waals surface area contributed by atoms with Crippen LogP contribution in [0.25, 0.3) is 10.9 Å². The highest BCUT2D eigenvalue weighted by Gasteiger charge is 2.07. The Balaban J connectivity index is 2.06. The van der Waals surface area contributed by atoms with Crippen LogP contribution in [-0.4, -0.2) is 9.55 Å². The molecular formula is C15H14FN3. The molecule has 0 amide bonds. The van der Waals surface area contributed by atoms with Gasteiger partial charge in [0.25, 0.3) is 0 Å². The fraction of sp³-hybridized carbons (Fsp3) is 0.133.